The van der Waals surface area contributed by atoms with E-state index in [0.717, 1.165) is 31.0 Å². The monoisotopic (exact) mass is 264 g/mol. The smallest absolute Gasteiger partial charge is 0.134 e. The number of rotatable bonds is 3. The second-order valence-electron chi connectivity index (χ2n) is 6.14. The van der Waals surface area contributed by atoms with Crippen LogP contribution in [0.5, 0.6) is 0 Å². The Morgan fingerprint density at radius 2 is 2.16 bits per heavy atom. The summed E-state index contributed by atoms with van der Waals surface area (Å²) in [5, 5.41) is 9.41. The molecule has 0 bridgehead atoms. The molecule has 2 rings (SSSR count). The summed E-state index contributed by atoms with van der Waals surface area (Å²) in [5.41, 5.74) is 0.0208. The minimum absolute atomic E-state index is 0.0208. The Balaban J connectivity index is 2.24. The van der Waals surface area contributed by atoms with Crippen molar-refractivity contribution in [3.05, 3.63) is 12.4 Å². The predicted octanol–water partition coefficient (Wildman–Crippen LogP) is 1.67. The molecule has 106 valence electrons. The van der Waals surface area contributed by atoms with Crippen molar-refractivity contribution < 1.29 is 5.11 Å². The zero-order valence-electron chi connectivity index (χ0n) is 12.3. The van der Waals surface area contributed by atoms with Gasteiger partial charge in [-0.15, -0.1) is 0 Å². The van der Waals surface area contributed by atoms with E-state index in [-0.39, 0.29) is 18.2 Å². The number of aromatic nitrogens is 2. The maximum atomic E-state index is 9.41. The zero-order valence-corrected chi connectivity index (χ0v) is 12.3. The van der Waals surface area contributed by atoms with Crippen LogP contribution < -0.4 is 9.80 Å². The fourth-order valence-electron chi connectivity index (χ4n) is 2.35. The first-order chi connectivity index (χ1) is 8.93. The molecule has 1 unspecified atom stereocenters. The van der Waals surface area contributed by atoms with E-state index in [2.05, 4.69) is 40.5 Å². The van der Waals surface area contributed by atoms with Crippen LogP contribution in [-0.2, 0) is 0 Å². The van der Waals surface area contributed by atoms with Crippen LogP contribution in [0, 0.1) is 0 Å². The minimum atomic E-state index is 0.0208. The van der Waals surface area contributed by atoms with E-state index < -0.39 is 0 Å². The lowest BCUT2D eigenvalue weighted by Crippen LogP contribution is -2.39. The van der Waals surface area contributed by atoms with Gasteiger partial charge in [0.15, 0.2) is 0 Å². The minimum Gasteiger partial charge on any atom is -0.394 e. The first-order valence-electron chi connectivity index (χ1n) is 6.87. The fraction of sp³-hybridized carbons (Fsp3) is 0.714. The quantitative estimate of drug-likeness (QED) is 0.900. The van der Waals surface area contributed by atoms with Crippen molar-refractivity contribution in [1.29, 1.82) is 0 Å². The largest absolute Gasteiger partial charge is 0.394 e. The summed E-state index contributed by atoms with van der Waals surface area (Å²) in [6, 6.07) is 2.21. The van der Waals surface area contributed by atoms with Crippen LogP contribution in [0.2, 0.25) is 0 Å². The van der Waals surface area contributed by atoms with Crippen LogP contribution in [-0.4, -0.2) is 46.9 Å². The SMILES string of the molecule is CN(c1cc(N2CCCC2CO)ncn1)C(C)(C)C. The van der Waals surface area contributed by atoms with Gasteiger partial charge in [-0.05, 0) is 33.6 Å². The van der Waals surface area contributed by atoms with Gasteiger partial charge in [-0.3, -0.25) is 0 Å². The second kappa shape index (κ2) is 5.33. The van der Waals surface area contributed by atoms with Gasteiger partial charge in [-0.1, -0.05) is 0 Å². The lowest BCUT2D eigenvalue weighted by atomic mass is 10.1. The maximum Gasteiger partial charge on any atom is 0.134 e. The molecule has 0 aliphatic carbocycles. The van der Waals surface area contributed by atoms with Crippen molar-refractivity contribution in [1.82, 2.24) is 9.97 Å². The number of aliphatic hydroxyl groups excluding tert-OH is 1. The molecule has 1 aromatic rings. The Labute approximate surface area is 115 Å². The van der Waals surface area contributed by atoms with Crippen molar-refractivity contribution >= 4 is 11.6 Å². The number of anilines is 2. The van der Waals surface area contributed by atoms with E-state index in [1.165, 1.54) is 0 Å². The molecule has 0 saturated carbocycles. The van der Waals surface area contributed by atoms with Crippen molar-refractivity contribution in [2.45, 2.75) is 45.2 Å². The normalized spacial score (nSPS) is 19.8. The van der Waals surface area contributed by atoms with Gasteiger partial charge >= 0.3 is 0 Å². The lowest BCUT2D eigenvalue weighted by Gasteiger charge is -2.33. The summed E-state index contributed by atoms with van der Waals surface area (Å²) in [7, 11) is 2.04. The molecular weight excluding hydrogens is 240 g/mol. The van der Waals surface area contributed by atoms with Crippen molar-refractivity contribution in [3.63, 3.8) is 0 Å². The number of hydrogen-bond donors (Lipinski definition) is 1. The Morgan fingerprint density at radius 1 is 1.42 bits per heavy atom. The highest BCUT2D eigenvalue weighted by Gasteiger charge is 2.26. The van der Waals surface area contributed by atoms with E-state index in [9.17, 15) is 5.11 Å². The zero-order chi connectivity index (χ0) is 14.0. The molecule has 5 heteroatoms. The highest BCUT2D eigenvalue weighted by atomic mass is 16.3. The molecule has 0 aromatic carbocycles. The summed E-state index contributed by atoms with van der Waals surface area (Å²) in [6.45, 7) is 7.61. The third-order valence-electron chi connectivity index (χ3n) is 3.87. The second-order valence-corrected chi connectivity index (χ2v) is 6.14. The van der Waals surface area contributed by atoms with Crippen LogP contribution in [0.4, 0.5) is 11.6 Å². The lowest BCUT2D eigenvalue weighted by molar-refractivity contribution is 0.266. The summed E-state index contributed by atoms with van der Waals surface area (Å²) in [6.07, 6.45) is 3.75. The van der Waals surface area contributed by atoms with Crippen molar-refractivity contribution in [3.8, 4) is 0 Å². The maximum absolute atomic E-state index is 9.41. The molecule has 1 atom stereocenters. The molecule has 0 amide bonds. The van der Waals surface area contributed by atoms with Gasteiger partial charge in [-0.2, -0.15) is 0 Å². The van der Waals surface area contributed by atoms with Gasteiger partial charge in [0.05, 0.1) is 12.6 Å². The molecule has 1 aromatic heterocycles. The highest BCUT2D eigenvalue weighted by molar-refractivity contribution is 5.52. The molecule has 1 saturated heterocycles. The first-order valence-corrected chi connectivity index (χ1v) is 6.87. The molecule has 0 radical (unpaired) electrons. The van der Waals surface area contributed by atoms with Gasteiger partial charge in [0.1, 0.15) is 18.0 Å². The average molecular weight is 264 g/mol. The van der Waals surface area contributed by atoms with Gasteiger partial charge < -0.3 is 14.9 Å². The van der Waals surface area contributed by atoms with Crippen LogP contribution in [0.3, 0.4) is 0 Å². The molecule has 1 aliphatic heterocycles. The number of nitrogens with zero attached hydrogens (tertiary/aromatic N) is 4. The van der Waals surface area contributed by atoms with E-state index in [4.69, 9.17) is 0 Å². The molecule has 1 fully saturated rings. The summed E-state index contributed by atoms with van der Waals surface area (Å²) in [5.74, 6) is 1.83. The number of hydrogen-bond acceptors (Lipinski definition) is 5. The number of aliphatic hydroxyl groups is 1. The van der Waals surface area contributed by atoms with E-state index in [1.807, 2.05) is 13.1 Å². The van der Waals surface area contributed by atoms with Gasteiger partial charge in [0, 0.05) is 25.2 Å². The average Bonchev–Trinajstić information content (AvgIpc) is 2.85. The molecule has 1 aliphatic rings. The Morgan fingerprint density at radius 3 is 2.79 bits per heavy atom. The predicted molar refractivity (Wildman–Crippen MR) is 77.6 cm³/mol. The van der Waals surface area contributed by atoms with Gasteiger partial charge in [0.2, 0.25) is 0 Å². The molecule has 0 spiro atoms. The third kappa shape index (κ3) is 2.97. The molecule has 19 heavy (non-hydrogen) atoms. The standard InChI is InChI=1S/C14H24N4O/c1-14(2,3)17(4)12-8-13(16-10-15-12)18-7-5-6-11(18)9-19/h8,10-11,19H,5-7,9H2,1-4H3. The van der Waals surface area contributed by atoms with Crippen molar-refractivity contribution in [2.75, 3.05) is 30.0 Å². The Hall–Kier alpha value is -1.36. The fourth-order valence-corrected chi connectivity index (χ4v) is 2.35. The topological polar surface area (TPSA) is 52.5 Å². The summed E-state index contributed by atoms with van der Waals surface area (Å²) >= 11 is 0. The van der Waals surface area contributed by atoms with Gasteiger partial charge in [-0.25, -0.2) is 9.97 Å². The highest BCUT2D eigenvalue weighted by Crippen LogP contribution is 2.27. The van der Waals surface area contributed by atoms with E-state index >= 15 is 0 Å². The molecule has 1 N–H and O–H groups in total. The third-order valence-corrected chi connectivity index (χ3v) is 3.87. The van der Waals surface area contributed by atoms with Crippen LogP contribution in [0.15, 0.2) is 12.4 Å². The Bertz CT molecular complexity index is 430. The van der Waals surface area contributed by atoms with Gasteiger partial charge in [0.25, 0.3) is 0 Å². The molecule has 2 heterocycles. The summed E-state index contributed by atoms with van der Waals surface area (Å²) in [4.78, 5) is 13.0. The molecular formula is C14H24N4O. The van der Waals surface area contributed by atoms with Crippen molar-refractivity contribution in [2.24, 2.45) is 0 Å². The van der Waals surface area contributed by atoms with E-state index in [0.29, 0.717) is 0 Å². The van der Waals surface area contributed by atoms with Crippen LogP contribution >= 0.6 is 0 Å². The van der Waals surface area contributed by atoms with Crippen LogP contribution in [0.1, 0.15) is 33.6 Å². The first kappa shape index (κ1) is 14.1. The van der Waals surface area contributed by atoms with E-state index in [1.54, 1.807) is 6.33 Å². The summed E-state index contributed by atoms with van der Waals surface area (Å²) < 4.78 is 0. The molecule has 5 nitrogen and oxygen atoms in total. The van der Waals surface area contributed by atoms with Crippen LogP contribution in [0.25, 0.3) is 0 Å². The Kier molecular flexibility index (Phi) is 3.94.